The van der Waals surface area contributed by atoms with E-state index >= 15 is 0 Å². The van der Waals surface area contributed by atoms with Gasteiger partial charge < -0.3 is 5.73 Å². The van der Waals surface area contributed by atoms with E-state index in [-0.39, 0.29) is 6.04 Å². The van der Waals surface area contributed by atoms with Crippen LogP contribution in [0.15, 0.2) is 17.5 Å². The number of hydrogen-bond donors (Lipinski definition) is 1. The number of rotatable bonds is 4. The molecule has 1 nitrogen and oxygen atoms in total. The van der Waals surface area contributed by atoms with Crippen LogP contribution >= 0.6 is 11.3 Å². The van der Waals surface area contributed by atoms with Gasteiger partial charge in [0.25, 0.3) is 0 Å². The molecule has 0 aromatic carbocycles. The third-order valence-corrected chi connectivity index (χ3v) is 3.40. The Bertz CT molecular complexity index is 202. The molecule has 0 saturated carbocycles. The second-order valence-electron chi connectivity index (χ2n) is 3.12. The third kappa shape index (κ3) is 2.08. The van der Waals surface area contributed by atoms with Gasteiger partial charge in [-0.25, -0.2) is 0 Å². The number of hydrogen-bond acceptors (Lipinski definition) is 2. The zero-order valence-electron chi connectivity index (χ0n) is 7.79. The predicted molar refractivity (Wildman–Crippen MR) is 55.3 cm³/mol. The van der Waals surface area contributed by atoms with Gasteiger partial charge in [-0.1, -0.05) is 32.8 Å². The molecule has 2 N–H and O–H groups in total. The van der Waals surface area contributed by atoms with Crippen LogP contribution in [0.3, 0.4) is 0 Å². The van der Waals surface area contributed by atoms with Gasteiger partial charge in [0.05, 0.1) is 0 Å². The molecule has 0 saturated heterocycles. The van der Waals surface area contributed by atoms with Crippen LogP contribution in [0.1, 0.15) is 37.6 Å². The maximum atomic E-state index is 6.12. The van der Waals surface area contributed by atoms with Gasteiger partial charge in [-0.05, 0) is 17.4 Å². The Hall–Kier alpha value is -0.340. The Balaban J connectivity index is 2.63. The van der Waals surface area contributed by atoms with Gasteiger partial charge in [0.2, 0.25) is 0 Å². The minimum atomic E-state index is 0.250. The summed E-state index contributed by atoms with van der Waals surface area (Å²) < 4.78 is 0. The molecule has 0 aliphatic rings. The highest BCUT2D eigenvalue weighted by atomic mass is 32.1. The van der Waals surface area contributed by atoms with Gasteiger partial charge >= 0.3 is 0 Å². The monoisotopic (exact) mass is 183 g/mol. The SMILES string of the molecule is CCC(CC)[C@@H](N)c1cccs1. The van der Waals surface area contributed by atoms with E-state index in [2.05, 4.69) is 31.4 Å². The number of nitrogens with two attached hydrogens (primary N) is 1. The minimum Gasteiger partial charge on any atom is -0.323 e. The summed E-state index contributed by atoms with van der Waals surface area (Å²) in [4.78, 5) is 1.32. The van der Waals surface area contributed by atoms with E-state index in [1.54, 1.807) is 11.3 Å². The quantitative estimate of drug-likeness (QED) is 0.762. The summed E-state index contributed by atoms with van der Waals surface area (Å²) in [5.74, 6) is 0.642. The normalized spacial score (nSPS) is 13.7. The van der Waals surface area contributed by atoms with Crippen molar-refractivity contribution in [2.75, 3.05) is 0 Å². The van der Waals surface area contributed by atoms with Gasteiger partial charge in [-0.15, -0.1) is 11.3 Å². The fourth-order valence-electron chi connectivity index (χ4n) is 1.51. The molecule has 1 rings (SSSR count). The molecule has 0 spiro atoms. The van der Waals surface area contributed by atoms with Crippen molar-refractivity contribution in [1.82, 2.24) is 0 Å². The Kier molecular flexibility index (Phi) is 3.76. The van der Waals surface area contributed by atoms with Gasteiger partial charge in [0, 0.05) is 10.9 Å². The van der Waals surface area contributed by atoms with Crippen LogP contribution in [0.4, 0.5) is 0 Å². The smallest absolute Gasteiger partial charge is 0.0418 e. The van der Waals surface area contributed by atoms with Crippen molar-refractivity contribution < 1.29 is 0 Å². The molecule has 1 aromatic rings. The first kappa shape index (κ1) is 9.75. The molecule has 0 bridgehead atoms. The largest absolute Gasteiger partial charge is 0.323 e. The molecular formula is C10H17NS. The lowest BCUT2D eigenvalue weighted by atomic mass is 9.94. The van der Waals surface area contributed by atoms with Crippen molar-refractivity contribution >= 4 is 11.3 Å². The summed E-state index contributed by atoms with van der Waals surface area (Å²) in [7, 11) is 0. The highest BCUT2D eigenvalue weighted by molar-refractivity contribution is 7.10. The molecule has 0 unspecified atom stereocenters. The minimum absolute atomic E-state index is 0.250. The molecule has 12 heavy (non-hydrogen) atoms. The first-order chi connectivity index (χ1) is 5.79. The van der Waals surface area contributed by atoms with E-state index in [4.69, 9.17) is 5.73 Å². The summed E-state index contributed by atoms with van der Waals surface area (Å²) >= 11 is 1.77. The van der Waals surface area contributed by atoms with Crippen LogP contribution in [0.25, 0.3) is 0 Å². The first-order valence-electron chi connectivity index (χ1n) is 4.58. The summed E-state index contributed by atoms with van der Waals surface area (Å²) in [5, 5.41) is 2.09. The van der Waals surface area contributed by atoms with E-state index in [0.29, 0.717) is 5.92 Å². The molecule has 68 valence electrons. The van der Waals surface area contributed by atoms with Crippen molar-refractivity contribution in [3.8, 4) is 0 Å². The van der Waals surface area contributed by atoms with Crippen molar-refractivity contribution in [3.63, 3.8) is 0 Å². The molecule has 0 amide bonds. The average Bonchev–Trinajstić information content (AvgIpc) is 2.58. The third-order valence-electron chi connectivity index (χ3n) is 2.43. The van der Waals surface area contributed by atoms with Crippen molar-refractivity contribution in [3.05, 3.63) is 22.4 Å². The average molecular weight is 183 g/mol. The van der Waals surface area contributed by atoms with Crippen LogP contribution in [0, 0.1) is 5.92 Å². The lowest BCUT2D eigenvalue weighted by Crippen LogP contribution is -2.19. The van der Waals surface area contributed by atoms with Crippen LogP contribution in [-0.2, 0) is 0 Å². The standard InChI is InChI=1S/C10H17NS/c1-3-8(4-2)10(11)9-6-5-7-12-9/h5-8,10H,3-4,11H2,1-2H3/t10-/m1/s1. The summed E-state index contributed by atoms with van der Waals surface area (Å²) in [6.07, 6.45) is 2.35. The van der Waals surface area contributed by atoms with Crippen LogP contribution < -0.4 is 5.73 Å². The van der Waals surface area contributed by atoms with Crippen molar-refractivity contribution in [1.29, 1.82) is 0 Å². The summed E-state index contributed by atoms with van der Waals surface area (Å²) in [6.45, 7) is 4.42. The van der Waals surface area contributed by atoms with Gasteiger partial charge in [-0.3, -0.25) is 0 Å². The maximum absolute atomic E-state index is 6.12. The highest BCUT2D eigenvalue weighted by Gasteiger charge is 2.16. The van der Waals surface area contributed by atoms with E-state index in [0.717, 1.165) is 0 Å². The highest BCUT2D eigenvalue weighted by Crippen LogP contribution is 2.27. The molecule has 0 radical (unpaired) electrons. The van der Waals surface area contributed by atoms with Crippen LogP contribution in [0.5, 0.6) is 0 Å². The fourth-order valence-corrected chi connectivity index (χ4v) is 2.33. The second kappa shape index (κ2) is 4.63. The van der Waals surface area contributed by atoms with Crippen LogP contribution in [0.2, 0.25) is 0 Å². The van der Waals surface area contributed by atoms with Gasteiger partial charge in [0.15, 0.2) is 0 Å². The van der Waals surface area contributed by atoms with Crippen molar-refractivity contribution in [2.24, 2.45) is 11.7 Å². The van der Waals surface area contributed by atoms with Gasteiger partial charge in [0.1, 0.15) is 0 Å². The molecular weight excluding hydrogens is 166 g/mol. The molecule has 1 aromatic heterocycles. The first-order valence-corrected chi connectivity index (χ1v) is 5.46. The fraction of sp³-hybridized carbons (Fsp3) is 0.600. The second-order valence-corrected chi connectivity index (χ2v) is 4.10. The molecule has 1 heterocycles. The molecule has 2 heteroatoms. The van der Waals surface area contributed by atoms with E-state index < -0.39 is 0 Å². The lowest BCUT2D eigenvalue weighted by Gasteiger charge is -2.19. The number of thiophene rings is 1. The lowest BCUT2D eigenvalue weighted by molar-refractivity contribution is 0.410. The van der Waals surface area contributed by atoms with E-state index in [9.17, 15) is 0 Å². The Morgan fingerprint density at radius 2 is 2.08 bits per heavy atom. The van der Waals surface area contributed by atoms with Crippen LogP contribution in [-0.4, -0.2) is 0 Å². The predicted octanol–water partition coefficient (Wildman–Crippen LogP) is 3.18. The topological polar surface area (TPSA) is 26.0 Å². The van der Waals surface area contributed by atoms with Gasteiger partial charge in [-0.2, -0.15) is 0 Å². The van der Waals surface area contributed by atoms with E-state index in [1.165, 1.54) is 17.7 Å². The molecule has 0 aliphatic heterocycles. The molecule has 0 fully saturated rings. The Morgan fingerprint density at radius 1 is 1.42 bits per heavy atom. The summed E-state index contributed by atoms with van der Waals surface area (Å²) in [5.41, 5.74) is 6.12. The van der Waals surface area contributed by atoms with E-state index in [1.807, 2.05) is 0 Å². The Labute approximate surface area is 78.6 Å². The van der Waals surface area contributed by atoms with Crippen molar-refractivity contribution in [2.45, 2.75) is 32.7 Å². The zero-order valence-corrected chi connectivity index (χ0v) is 8.60. The summed E-state index contributed by atoms with van der Waals surface area (Å²) in [6, 6.07) is 4.45. The maximum Gasteiger partial charge on any atom is 0.0418 e. The Morgan fingerprint density at radius 3 is 2.50 bits per heavy atom. The molecule has 0 aliphatic carbocycles. The zero-order chi connectivity index (χ0) is 8.97. The molecule has 1 atom stereocenters.